The number of carbonyl (C=O) groups excluding carboxylic acids is 1. The van der Waals surface area contributed by atoms with Crippen molar-refractivity contribution in [3.05, 3.63) is 57.9 Å². The average molecular weight is 430 g/mol. The molecule has 2 heterocycles. The Bertz CT molecular complexity index is 1030. The van der Waals surface area contributed by atoms with Crippen LogP contribution in [-0.4, -0.2) is 51.1 Å². The lowest BCUT2D eigenvalue weighted by molar-refractivity contribution is 0.0955. The first-order chi connectivity index (χ1) is 14.1. The summed E-state index contributed by atoms with van der Waals surface area (Å²) in [6.07, 6.45) is 0. The van der Waals surface area contributed by atoms with Crippen molar-refractivity contribution < 1.29 is 9.53 Å². The van der Waals surface area contributed by atoms with E-state index < -0.39 is 0 Å². The molecule has 152 valence electrons. The number of nitrogens with one attached hydrogen (secondary N) is 1. The van der Waals surface area contributed by atoms with Crippen LogP contribution >= 0.6 is 22.9 Å². The number of rotatable bonds is 5. The van der Waals surface area contributed by atoms with Crippen LogP contribution in [0.4, 0.5) is 5.69 Å². The lowest BCUT2D eigenvalue weighted by atomic mass is 10.1. The summed E-state index contributed by atoms with van der Waals surface area (Å²) in [4.78, 5) is 17.9. The number of piperazine rings is 1. The van der Waals surface area contributed by atoms with Crippen LogP contribution in [0, 0.1) is 0 Å². The van der Waals surface area contributed by atoms with Crippen LogP contribution in [0.2, 0.25) is 5.02 Å². The number of carbonyl (C=O) groups is 1. The van der Waals surface area contributed by atoms with Crippen molar-refractivity contribution in [2.75, 3.05) is 45.2 Å². The van der Waals surface area contributed by atoms with E-state index in [-0.39, 0.29) is 5.91 Å². The predicted molar refractivity (Wildman–Crippen MR) is 121 cm³/mol. The number of thiophene rings is 1. The Kier molecular flexibility index (Phi) is 5.94. The number of methoxy groups -OCH3 is 1. The van der Waals surface area contributed by atoms with Crippen molar-refractivity contribution in [3.8, 4) is 5.75 Å². The van der Waals surface area contributed by atoms with Gasteiger partial charge in [0.25, 0.3) is 5.91 Å². The molecule has 1 amide bonds. The minimum Gasteiger partial charge on any atom is -0.495 e. The monoisotopic (exact) mass is 429 g/mol. The van der Waals surface area contributed by atoms with Gasteiger partial charge < -0.3 is 19.9 Å². The summed E-state index contributed by atoms with van der Waals surface area (Å²) in [6.45, 7) is 4.40. The molecule has 0 radical (unpaired) electrons. The maximum Gasteiger partial charge on any atom is 0.263 e. The quantitative estimate of drug-likeness (QED) is 0.658. The summed E-state index contributed by atoms with van der Waals surface area (Å²) in [5, 5.41) is 4.46. The van der Waals surface area contributed by atoms with Crippen LogP contribution in [0.15, 0.2) is 42.5 Å². The minimum atomic E-state index is -0.145. The van der Waals surface area contributed by atoms with E-state index in [1.54, 1.807) is 7.11 Å². The molecule has 0 atom stereocenters. The molecule has 4 rings (SSSR count). The van der Waals surface area contributed by atoms with Crippen molar-refractivity contribution in [2.45, 2.75) is 6.54 Å². The van der Waals surface area contributed by atoms with Gasteiger partial charge in [0, 0.05) is 42.8 Å². The molecule has 0 spiro atoms. The van der Waals surface area contributed by atoms with Crippen LogP contribution in [0.5, 0.6) is 5.75 Å². The third kappa shape index (κ3) is 4.20. The van der Waals surface area contributed by atoms with E-state index in [0.717, 1.165) is 53.3 Å². The van der Waals surface area contributed by atoms with Gasteiger partial charge in [-0.05, 0) is 30.8 Å². The fourth-order valence-corrected chi connectivity index (χ4v) is 5.00. The Morgan fingerprint density at radius 3 is 2.66 bits per heavy atom. The first kappa shape index (κ1) is 20.0. The highest BCUT2D eigenvalue weighted by Crippen LogP contribution is 2.35. The Balaban J connectivity index is 1.49. The summed E-state index contributed by atoms with van der Waals surface area (Å²) < 4.78 is 6.58. The topological polar surface area (TPSA) is 44.8 Å². The Morgan fingerprint density at radius 2 is 1.93 bits per heavy atom. The second kappa shape index (κ2) is 8.61. The van der Waals surface area contributed by atoms with Gasteiger partial charge in [-0.2, -0.15) is 0 Å². The molecule has 1 fully saturated rings. The smallest absolute Gasteiger partial charge is 0.263 e. The second-order valence-electron chi connectivity index (χ2n) is 7.22. The van der Waals surface area contributed by atoms with E-state index in [1.165, 1.54) is 11.3 Å². The molecule has 1 aliphatic rings. The fourth-order valence-electron chi connectivity index (χ4n) is 3.56. The number of amides is 1. The van der Waals surface area contributed by atoms with E-state index in [2.05, 4.69) is 28.2 Å². The molecule has 0 unspecified atom stereocenters. The summed E-state index contributed by atoms with van der Waals surface area (Å²) in [5.41, 5.74) is 2.11. The van der Waals surface area contributed by atoms with Crippen LogP contribution in [0.1, 0.15) is 15.2 Å². The number of nitrogens with zero attached hydrogens (tertiary/aromatic N) is 2. The lowest BCUT2D eigenvalue weighted by Gasteiger charge is -2.35. The van der Waals surface area contributed by atoms with Crippen molar-refractivity contribution in [1.82, 2.24) is 10.2 Å². The molecule has 0 bridgehead atoms. The van der Waals surface area contributed by atoms with E-state index >= 15 is 0 Å². The van der Waals surface area contributed by atoms with Gasteiger partial charge in [0.15, 0.2) is 0 Å². The molecule has 2 aromatic carbocycles. The van der Waals surface area contributed by atoms with Gasteiger partial charge in [0.05, 0.1) is 17.8 Å². The van der Waals surface area contributed by atoms with Crippen molar-refractivity contribution in [1.29, 1.82) is 0 Å². The molecule has 3 aromatic rings. The highest BCUT2D eigenvalue weighted by molar-refractivity contribution is 7.21. The largest absolute Gasteiger partial charge is 0.495 e. The molecule has 1 saturated heterocycles. The zero-order valence-corrected chi connectivity index (χ0v) is 18.1. The fraction of sp³-hybridized carbons (Fsp3) is 0.318. The highest BCUT2D eigenvalue weighted by Gasteiger charge is 2.19. The number of fused-ring (bicyclic) bond motifs is 1. The first-order valence-corrected chi connectivity index (χ1v) is 10.8. The van der Waals surface area contributed by atoms with E-state index in [4.69, 9.17) is 16.3 Å². The number of halogens is 1. The van der Waals surface area contributed by atoms with Crippen LogP contribution in [-0.2, 0) is 6.54 Å². The number of hydrogen-bond acceptors (Lipinski definition) is 5. The summed E-state index contributed by atoms with van der Waals surface area (Å²) in [6, 6.07) is 13.9. The molecule has 0 saturated carbocycles. The number of ether oxygens (including phenoxy) is 1. The SMILES string of the molecule is COc1ccc(CNC(=O)c2sc3ccccc3c2Cl)cc1N1CCN(C)CC1. The average Bonchev–Trinajstić information content (AvgIpc) is 3.09. The third-order valence-corrected chi connectivity index (χ3v) is 6.96. The van der Waals surface area contributed by atoms with Gasteiger partial charge in [-0.1, -0.05) is 35.9 Å². The van der Waals surface area contributed by atoms with Crippen LogP contribution in [0.25, 0.3) is 10.1 Å². The third-order valence-electron chi connectivity index (χ3n) is 5.28. The molecule has 1 aliphatic heterocycles. The van der Waals surface area contributed by atoms with Crippen LogP contribution < -0.4 is 15.0 Å². The van der Waals surface area contributed by atoms with Gasteiger partial charge >= 0.3 is 0 Å². The summed E-state index contributed by atoms with van der Waals surface area (Å²) >= 11 is 7.86. The zero-order chi connectivity index (χ0) is 20.4. The number of anilines is 1. The normalized spacial score (nSPS) is 14.9. The molecule has 1 N–H and O–H groups in total. The van der Waals surface area contributed by atoms with E-state index in [0.29, 0.717) is 16.4 Å². The molecule has 0 aliphatic carbocycles. The highest BCUT2D eigenvalue weighted by atomic mass is 35.5. The van der Waals surface area contributed by atoms with Gasteiger partial charge in [0.1, 0.15) is 10.6 Å². The molecule has 1 aromatic heterocycles. The number of hydrogen-bond donors (Lipinski definition) is 1. The molecule has 5 nitrogen and oxygen atoms in total. The van der Waals surface area contributed by atoms with E-state index in [9.17, 15) is 4.79 Å². The summed E-state index contributed by atoms with van der Waals surface area (Å²) in [7, 11) is 3.83. The van der Waals surface area contributed by atoms with Crippen molar-refractivity contribution >= 4 is 44.6 Å². The Morgan fingerprint density at radius 1 is 1.17 bits per heavy atom. The number of likely N-dealkylation sites (N-methyl/N-ethyl adjacent to an activating group) is 1. The lowest BCUT2D eigenvalue weighted by Crippen LogP contribution is -2.44. The Labute approximate surface area is 179 Å². The molecule has 29 heavy (non-hydrogen) atoms. The molecule has 7 heteroatoms. The predicted octanol–water partition coefficient (Wildman–Crippen LogP) is 4.25. The maximum atomic E-state index is 12.7. The van der Waals surface area contributed by atoms with Gasteiger partial charge in [0.2, 0.25) is 0 Å². The number of benzene rings is 2. The standard InChI is InChI=1S/C22H24ClN3O2S/c1-25-9-11-26(12-10-25)17-13-15(7-8-18(17)28-2)14-24-22(27)21-20(23)16-5-3-4-6-19(16)29-21/h3-8,13H,9-12,14H2,1-2H3,(H,24,27). The summed E-state index contributed by atoms with van der Waals surface area (Å²) in [5.74, 6) is 0.713. The maximum absolute atomic E-state index is 12.7. The van der Waals surface area contributed by atoms with E-state index in [1.807, 2.05) is 36.4 Å². The zero-order valence-electron chi connectivity index (χ0n) is 16.6. The van der Waals surface area contributed by atoms with Crippen LogP contribution in [0.3, 0.4) is 0 Å². The molecular weight excluding hydrogens is 406 g/mol. The van der Waals surface area contributed by atoms with Gasteiger partial charge in [-0.25, -0.2) is 0 Å². The van der Waals surface area contributed by atoms with Gasteiger partial charge in [-0.3, -0.25) is 4.79 Å². The Hall–Kier alpha value is -2.28. The first-order valence-electron chi connectivity index (χ1n) is 9.62. The minimum absolute atomic E-state index is 0.145. The van der Waals surface area contributed by atoms with Gasteiger partial charge in [-0.15, -0.1) is 11.3 Å². The van der Waals surface area contributed by atoms with Crippen molar-refractivity contribution in [3.63, 3.8) is 0 Å². The second-order valence-corrected chi connectivity index (χ2v) is 8.65. The molecular formula is C22H24ClN3O2S. The van der Waals surface area contributed by atoms with Crippen molar-refractivity contribution in [2.24, 2.45) is 0 Å².